The molecule has 0 aromatic heterocycles. The van der Waals surface area contributed by atoms with Crippen LogP contribution in [0.4, 0.5) is 9.59 Å². The molecule has 25 nitrogen and oxygen atoms in total. The van der Waals surface area contributed by atoms with Crippen molar-refractivity contribution in [1.29, 1.82) is 0 Å². The Morgan fingerprint density at radius 1 is 0.549 bits per heavy atom. The number of hydrogen-bond donors (Lipinski definition) is 4. The fraction of sp³-hybridized carbons (Fsp3) is 0.621. The Bertz CT molecular complexity index is 2900. The zero-order valence-corrected chi connectivity index (χ0v) is 56.2. The van der Waals surface area contributed by atoms with E-state index in [2.05, 4.69) is 20.9 Å². The number of aliphatic imine (C=N–C) groups is 1. The predicted molar refractivity (Wildman–Crippen MR) is 343 cm³/mol. The van der Waals surface area contributed by atoms with E-state index in [0.717, 1.165) is 36.5 Å². The second-order valence-electron chi connectivity index (χ2n) is 25.5. The van der Waals surface area contributed by atoms with E-state index < -0.39 is 131 Å². The van der Waals surface area contributed by atoms with Crippen molar-refractivity contribution in [3.63, 3.8) is 0 Å². The molecule has 25 heteroatoms. The monoisotopic (exact) mass is 1270 g/mol. The first-order chi connectivity index (χ1) is 42.8. The zero-order valence-electron chi connectivity index (χ0n) is 56.2. The van der Waals surface area contributed by atoms with Crippen molar-refractivity contribution in [2.24, 2.45) is 28.7 Å². The van der Waals surface area contributed by atoms with Gasteiger partial charge in [0.25, 0.3) is 29.5 Å². The van der Waals surface area contributed by atoms with E-state index in [0.29, 0.717) is 40.2 Å². The van der Waals surface area contributed by atoms with Crippen molar-refractivity contribution in [1.82, 2.24) is 55.1 Å². The van der Waals surface area contributed by atoms with Crippen molar-refractivity contribution in [3.05, 3.63) is 71.8 Å². The number of nitrogens with zero attached hydrogens (tertiary/aromatic N) is 9. The number of benzene rings is 2. The van der Waals surface area contributed by atoms with Crippen LogP contribution in [0.1, 0.15) is 125 Å². The molecule has 2 aromatic rings. The minimum atomic E-state index is -2.02. The second kappa shape index (κ2) is 34.9. The molecule has 2 aliphatic heterocycles. The molecule has 2 aromatic carbocycles. The number of hydrogen-bond acceptors (Lipinski definition) is 13. The molecule has 0 aliphatic carbocycles. The lowest BCUT2D eigenvalue weighted by molar-refractivity contribution is -0.155. The molecule has 0 spiro atoms. The Kier molecular flexibility index (Phi) is 28.9. The molecule has 91 heavy (non-hydrogen) atoms. The number of rotatable bonds is 15. The Labute approximate surface area is 537 Å². The summed E-state index contributed by atoms with van der Waals surface area (Å²) in [4.78, 5) is 190. The molecular formula is C66H100N12O13. The summed E-state index contributed by atoms with van der Waals surface area (Å²) in [6, 6.07) is 3.12. The quantitative estimate of drug-likeness (QED) is 0.185. The lowest BCUT2D eigenvalue weighted by Gasteiger charge is -2.41. The van der Waals surface area contributed by atoms with Crippen LogP contribution in [0.3, 0.4) is 0 Å². The number of piperidine rings is 1. The van der Waals surface area contributed by atoms with Crippen LogP contribution >= 0.6 is 0 Å². The lowest BCUT2D eigenvalue weighted by Crippen LogP contribution is -2.64. The maximum atomic E-state index is 15.4. The lowest BCUT2D eigenvalue weighted by atomic mass is 9.93. The molecule has 4 N–H and O–H groups in total. The molecule has 2 aliphatic rings. The van der Waals surface area contributed by atoms with Gasteiger partial charge in [-0.25, -0.2) is 14.6 Å². The molecule has 2 heterocycles. The zero-order chi connectivity index (χ0) is 68.3. The van der Waals surface area contributed by atoms with E-state index in [1.807, 2.05) is 34.6 Å². The first-order valence-corrected chi connectivity index (χ1v) is 31.8. The summed E-state index contributed by atoms with van der Waals surface area (Å²) in [5, 5.41) is 18.7. The maximum Gasteiger partial charge on any atom is 0.327 e. The molecule has 0 radical (unpaired) electrons. The SMILES string of the molecule is CC[C@H](C)C1C(=O)N(C)[C@@H](CC(C)C)C(=O)NC(C(=O)N2CCCCC2)C(=O)N(C)C(=O)N[C@@H](CC(C)C)C(=O)N[C@@H]([C@@H](C)O)C(=O)N(C)C(=O)N(CC)C(Cc2ccccc2)C(=O)/N=C\C(=O)N(C)C(Cc2ccccc2)C(=O)N(C)[C@@H](CC(C)C)C(=O)N1C. The van der Waals surface area contributed by atoms with Crippen molar-refractivity contribution < 1.29 is 62.6 Å². The van der Waals surface area contributed by atoms with Gasteiger partial charge in [0, 0.05) is 74.8 Å². The summed E-state index contributed by atoms with van der Waals surface area (Å²) in [7, 11) is 7.77. The Morgan fingerprint density at radius 2 is 1.05 bits per heavy atom. The van der Waals surface area contributed by atoms with Crippen LogP contribution in [-0.2, 0) is 60.8 Å². The first-order valence-electron chi connectivity index (χ1n) is 31.8. The van der Waals surface area contributed by atoms with Crippen LogP contribution in [0.25, 0.3) is 0 Å². The molecule has 4 unspecified atom stereocenters. The highest BCUT2D eigenvalue weighted by Crippen LogP contribution is 2.25. The van der Waals surface area contributed by atoms with E-state index in [1.54, 1.807) is 88.4 Å². The highest BCUT2D eigenvalue weighted by atomic mass is 16.3. The smallest absolute Gasteiger partial charge is 0.327 e. The number of amides is 14. The molecule has 10 atom stereocenters. The Balaban J connectivity index is 2.00. The average molecular weight is 1270 g/mol. The van der Waals surface area contributed by atoms with E-state index in [-0.39, 0.29) is 69.5 Å². The number of likely N-dealkylation sites (tertiary alicyclic amines) is 1. The number of urea groups is 2. The summed E-state index contributed by atoms with van der Waals surface area (Å²) in [5.74, 6) is -10.3. The Morgan fingerprint density at radius 3 is 1.56 bits per heavy atom. The number of carbonyl (C=O) groups excluding carboxylic acids is 12. The van der Waals surface area contributed by atoms with Gasteiger partial charge in [-0.3, -0.25) is 57.7 Å². The minimum absolute atomic E-state index is 0.00620. The van der Waals surface area contributed by atoms with Crippen LogP contribution in [0.2, 0.25) is 0 Å². The van der Waals surface area contributed by atoms with E-state index >= 15 is 19.2 Å². The van der Waals surface area contributed by atoms with Crippen molar-refractivity contribution in [2.75, 3.05) is 61.9 Å². The first kappa shape index (κ1) is 75.4. The van der Waals surface area contributed by atoms with Gasteiger partial charge >= 0.3 is 12.1 Å². The van der Waals surface area contributed by atoms with Gasteiger partial charge in [-0.05, 0) is 87.2 Å². The van der Waals surface area contributed by atoms with Crippen molar-refractivity contribution in [2.45, 2.75) is 181 Å². The van der Waals surface area contributed by atoms with Gasteiger partial charge in [-0.15, -0.1) is 0 Å². The number of nitrogens with one attached hydrogen (secondary N) is 3. The third kappa shape index (κ3) is 20.2. The summed E-state index contributed by atoms with van der Waals surface area (Å²) >= 11 is 0. The minimum Gasteiger partial charge on any atom is -0.391 e. The van der Waals surface area contributed by atoms with E-state index in [1.165, 1.54) is 54.7 Å². The second-order valence-corrected chi connectivity index (χ2v) is 25.5. The summed E-state index contributed by atoms with van der Waals surface area (Å²) in [5.41, 5.74) is 1.20. The average Bonchev–Trinajstić information content (AvgIpc) is 1.03. The summed E-state index contributed by atoms with van der Waals surface area (Å²) < 4.78 is 0. The number of aliphatic hydroxyl groups is 1. The summed E-state index contributed by atoms with van der Waals surface area (Å²) in [6.07, 6.45) is 1.19. The molecule has 14 amide bonds. The molecule has 502 valence electrons. The fourth-order valence-corrected chi connectivity index (χ4v) is 11.4. The van der Waals surface area contributed by atoms with Gasteiger partial charge in [0.05, 0.1) is 12.3 Å². The van der Waals surface area contributed by atoms with Crippen molar-refractivity contribution >= 4 is 77.3 Å². The molecule has 1 saturated heterocycles. The van der Waals surface area contributed by atoms with Crippen LogP contribution in [-0.4, -0.2) is 238 Å². The van der Waals surface area contributed by atoms with E-state index in [9.17, 15) is 43.5 Å². The number of aliphatic hydroxyl groups excluding tert-OH is 1. The third-order valence-electron chi connectivity index (χ3n) is 17.1. The molecule has 0 bridgehead atoms. The van der Waals surface area contributed by atoms with Crippen LogP contribution in [0.5, 0.6) is 0 Å². The van der Waals surface area contributed by atoms with Gasteiger partial charge in [0.1, 0.15) is 42.3 Å². The van der Waals surface area contributed by atoms with Crippen LogP contribution < -0.4 is 16.0 Å². The maximum absolute atomic E-state index is 15.4. The van der Waals surface area contributed by atoms with Crippen LogP contribution in [0.15, 0.2) is 65.7 Å². The van der Waals surface area contributed by atoms with Gasteiger partial charge < -0.3 is 50.5 Å². The number of imide groups is 2. The normalized spacial score (nSPS) is 24.9. The molecule has 1 fully saturated rings. The van der Waals surface area contributed by atoms with Crippen LogP contribution in [0, 0.1) is 23.7 Å². The van der Waals surface area contributed by atoms with Gasteiger partial charge in [0.2, 0.25) is 29.5 Å². The van der Waals surface area contributed by atoms with Crippen molar-refractivity contribution in [3.8, 4) is 0 Å². The van der Waals surface area contributed by atoms with E-state index in [4.69, 9.17) is 0 Å². The fourth-order valence-electron chi connectivity index (χ4n) is 11.4. The summed E-state index contributed by atoms with van der Waals surface area (Å²) in [6.45, 7) is 17.4. The predicted octanol–water partition coefficient (Wildman–Crippen LogP) is 3.74. The number of likely N-dealkylation sites (N-methyl/N-ethyl adjacent to an activating group) is 7. The Hall–Kier alpha value is -8.09. The van der Waals surface area contributed by atoms with Gasteiger partial charge in [-0.2, -0.15) is 0 Å². The number of carbonyl (C=O) groups is 12. The van der Waals surface area contributed by atoms with Gasteiger partial charge in [0.15, 0.2) is 6.04 Å². The highest BCUT2D eigenvalue weighted by Gasteiger charge is 2.45. The van der Waals surface area contributed by atoms with Gasteiger partial charge in [-0.1, -0.05) is 122 Å². The highest BCUT2D eigenvalue weighted by molar-refractivity contribution is 6.28. The standard InChI is InChI=1S/C66H100N12O13/c1-17-43(9)55-64(89)72(12)48(35-41(5)6)58(83)70-54(63(88)77-32-26-21-27-33-77)62(87)75(15)65(90)68-47(34-40(3)4)56(81)69-53(44(10)79)61(86)76(16)66(91)78(18-2)49(37-45-28-22-19-23-29-45)57(82)67-39-52(80)71(11)51(38-46-30-24-20-25-31-46)59(84)73(13)50(36-42(7)8)60(85)74(55)14/h19-20,22-25,28-31,39-44,47-51,53-55,79H,17-18,21,26-27,32-38H2,1-16H3,(H,68,90)(H,69,81)(H,70,83)/b67-39-/t43-,44+,47-,48-,49?,50-,51?,53-,54?,55?/m0/s1. The third-order valence-corrected chi connectivity index (χ3v) is 17.1. The molecule has 4 rings (SSSR count). The molecule has 0 saturated carbocycles. The molecular weight excluding hydrogens is 1170 g/mol. The largest absolute Gasteiger partial charge is 0.391 e. The topological polar surface area (TPSA) is 299 Å².